The van der Waals surface area contributed by atoms with Crippen LogP contribution in [0.3, 0.4) is 0 Å². The average Bonchev–Trinajstić information content (AvgIpc) is 2.38. The molecule has 0 saturated carbocycles. The fourth-order valence-electron chi connectivity index (χ4n) is 2.04. The molecule has 4 nitrogen and oxygen atoms in total. The van der Waals surface area contributed by atoms with Crippen molar-refractivity contribution in [3.63, 3.8) is 0 Å². The third-order valence-electron chi connectivity index (χ3n) is 3.14. The van der Waals surface area contributed by atoms with E-state index in [9.17, 15) is 9.18 Å². The lowest BCUT2D eigenvalue weighted by Crippen LogP contribution is -2.51. The Morgan fingerprint density at radius 2 is 2.37 bits per heavy atom. The monoisotopic (exact) mass is 286 g/mol. The van der Waals surface area contributed by atoms with Gasteiger partial charge in [-0.05, 0) is 19.1 Å². The van der Waals surface area contributed by atoms with E-state index < -0.39 is 11.7 Å². The molecule has 2 atom stereocenters. The van der Waals surface area contributed by atoms with Gasteiger partial charge in [-0.15, -0.1) is 0 Å². The Morgan fingerprint density at radius 1 is 1.63 bits per heavy atom. The number of halogens is 2. The molecule has 0 bridgehead atoms. The largest absolute Gasteiger partial charge is 0.373 e. The zero-order chi connectivity index (χ0) is 14.0. The van der Waals surface area contributed by atoms with E-state index in [1.165, 1.54) is 23.1 Å². The zero-order valence-electron chi connectivity index (χ0n) is 10.6. The first-order valence-corrected chi connectivity index (χ1v) is 6.49. The topological polar surface area (TPSA) is 55.6 Å². The fraction of sp³-hybridized carbons (Fsp3) is 0.462. The number of carbonyl (C=O) groups excluding carboxylic acids is 1. The molecule has 104 valence electrons. The van der Waals surface area contributed by atoms with E-state index in [0.717, 1.165) is 0 Å². The number of morpholine rings is 1. The maximum Gasteiger partial charge on any atom is 0.258 e. The molecule has 19 heavy (non-hydrogen) atoms. The number of nitrogens with zero attached hydrogens (tertiary/aromatic N) is 1. The highest BCUT2D eigenvalue weighted by Gasteiger charge is 2.29. The van der Waals surface area contributed by atoms with Crippen LogP contribution in [0.5, 0.6) is 0 Å². The number of hydrogen-bond donors (Lipinski definition) is 1. The number of rotatable bonds is 2. The second kappa shape index (κ2) is 5.86. The van der Waals surface area contributed by atoms with Gasteiger partial charge in [-0.1, -0.05) is 17.7 Å². The van der Waals surface area contributed by atoms with Crippen LogP contribution in [0.4, 0.5) is 4.39 Å². The SMILES string of the molecule is CC(N)C1CN(C(=O)c2c(F)cccc2Cl)CCO1. The average molecular weight is 287 g/mol. The second-order valence-electron chi connectivity index (χ2n) is 4.62. The van der Waals surface area contributed by atoms with Gasteiger partial charge >= 0.3 is 0 Å². The quantitative estimate of drug-likeness (QED) is 0.900. The highest BCUT2D eigenvalue weighted by atomic mass is 35.5. The van der Waals surface area contributed by atoms with Crippen LogP contribution in [0.25, 0.3) is 0 Å². The van der Waals surface area contributed by atoms with E-state index in [1.807, 2.05) is 6.92 Å². The molecule has 0 aromatic heterocycles. The molecule has 2 N–H and O–H groups in total. The molecule has 1 aliphatic heterocycles. The molecule has 1 aromatic rings. The minimum atomic E-state index is -0.610. The maximum absolute atomic E-state index is 13.7. The van der Waals surface area contributed by atoms with Crippen molar-refractivity contribution in [1.29, 1.82) is 0 Å². The van der Waals surface area contributed by atoms with Crippen LogP contribution in [0, 0.1) is 5.82 Å². The Morgan fingerprint density at radius 3 is 3.00 bits per heavy atom. The van der Waals surface area contributed by atoms with Gasteiger partial charge in [0.1, 0.15) is 5.82 Å². The predicted octanol–water partition coefficient (Wildman–Crippen LogP) is 1.67. The van der Waals surface area contributed by atoms with E-state index in [-0.39, 0.29) is 22.7 Å². The summed E-state index contributed by atoms with van der Waals surface area (Å²) in [6.07, 6.45) is -0.233. The molecule has 1 fully saturated rings. The van der Waals surface area contributed by atoms with Crippen LogP contribution in [-0.2, 0) is 4.74 Å². The molecule has 1 aromatic carbocycles. The van der Waals surface area contributed by atoms with Crippen molar-refractivity contribution in [3.05, 3.63) is 34.6 Å². The van der Waals surface area contributed by atoms with Crippen molar-refractivity contribution >= 4 is 17.5 Å². The van der Waals surface area contributed by atoms with Gasteiger partial charge in [0.2, 0.25) is 0 Å². The Bertz CT molecular complexity index is 461. The minimum Gasteiger partial charge on any atom is -0.373 e. The lowest BCUT2D eigenvalue weighted by Gasteiger charge is -2.34. The normalized spacial score (nSPS) is 21.3. The van der Waals surface area contributed by atoms with Crippen molar-refractivity contribution in [2.45, 2.75) is 19.1 Å². The van der Waals surface area contributed by atoms with Gasteiger partial charge in [0.25, 0.3) is 5.91 Å². The van der Waals surface area contributed by atoms with Gasteiger partial charge < -0.3 is 15.4 Å². The van der Waals surface area contributed by atoms with Crippen LogP contribution < -0.4 is 5.73 Å². The van der Waals surface area contributed by atoms with Crippen molar-refractivity contribution < 1.29 is 13.9 Å². The molecule has 0 radical (unpaired) electrons. The van der Waals surface area contributed by atoms with E-state index in [2.05, 4.69) is 0 Å². The smallest absolute Gasteiger partial charge is 0.258 e. The first-order valence-electron chi connectivity index (χ1n) is 6.11. The summed E-state index contributed by atoms with van der Waals surface area (Å²) in [6.45, 7) is 2.96. The fourth-order valence-corrected chi connectivity index (χ4v) is 2.28. The zero-order valence-corrected chi connectivity index (χ0v) is 11.4. The first kappa shape index (κ1) is 14.2. The van der Waals surface area contributed by atoms with E-state index in [0.29, 0.717) is 19.7 Å². The van der Waals surface area contributed by atoms with Crippen LogP contribution in [-0.4, -0.2) is 42.6 Å². The molecule has 6 heteroatoms. The number of hydrogen-bond acceptors (Lipinski definition) is 3. The predicted molar refractivity (Wildman–Crippen MR) is 70.7 cm³/mol. The first-order chi connectivity index (χ1) is 9.00. The summed E-state index contributed by atoms with van der Waals surface area (Å²) >= 11 is 5.90. The van der Waals surface area contributed by atoms with E-state index >= 15 is 0 Å². The molecule has 0 aliphatic carbocycles. The summed E-state index contributed by atoms with van der Waals surface area (Å²) in [7, 11) is 0. The molecular weight excluding hydrogens is 271 g/mol. The number of benzene rings is 1. The Hall–Kier alpha value is -1.17. The molecule has 2 unspecified atom stereocenters. The Balaban J connectivity index is 2.20. The molecule has 0 spiro atoms. The van der Waals surface area contributed by atoms with Gasteiger partial charge in [-0.3, -0.25) is 4.79 Å². The van der Waals surface area contributed by atoms with Gasteiger partial charge in [-0.2, -0.15) is 0 Å². The minimum absolute atomic E-state index is 0.0884. The van der Waals surface area contributed by atoms with Crippen molar-refractivity contribution in [1.82, 2.24) is 4.90 Å². The van der Waals surface area contributed by atoms with Crippen molar-refractivity contribution in [2.24, 2.45) is 5.73 Å². The molecular formula is C13H16ClFN2O2. The van der Waals surface area contributed by atoms with E-state index in [4.69, 9.17) is 22.1 Å². The number of nitrogens with two attached hydrogens (primary N) is 1. The molecule has 1 saturated heterocycles. The van der Waals surface area contributed by atoms with Crippen molar-refractivity contribution in [2.75, 3.05) is 19.7 Å². The summed E-state index contributed by atoms with van der Waals surface area (Å²) < 4.78 is 19.2. The maximum atomic E-state index is 13.7. The van der Waals surface area contributed by atoms with Gasteiger partial charge in [0.15, 0.2) is 0 Å². The Labute approximate surface area is 116 Å². The molecule has 1 aliphatic rings. The summed E-state index contributed by atoms with van der Waals surface area (Å²) in [5.74, 6) is -1.03. The molecule has 1 heterocycles. The van der Waals surface area contributed by atoms with Crippen LogP contribution in [0.2, 0.25) is 5.02 Å². The van der Waals surface area contributed by atoms with Crippen LogP contribution >= 0.6 is 11.6 Å². The summed E-state index contributed by atoms with van der Waals surface area (Å²) in [4.78, 5) is 13.8. The number of carbonyl (C=O) groups is 1. The van der Waals surface area contributed by atoms with E-state index in [1.54, 1.807) is 0 Å². The lowest BCUT2D eigenvalue weighted by molar-refractivity contribution is -0.0301. The lowest BCUT2D eigenvalue weighted by atomic mass is 10.1. The van der Waals surface area contributed by atoms with Crippen molar-refractivity contribution in [3.8, 4) is 0 Å². The standard InChI is InChI=1S/C13H16ClFN2O2/c1-8(16)11-7-17(5-6-19-11)13(18)12-9(14)3-2-4-10(12)15/h2-4,8,11H,5-7,16H2,1H3. The molecule has 1 amide bonds. The summed E-state index contributed by atoms with van der Waals surface area (Å²) in [6, 6.07) is 4.01. The Kier molecular flexibility index (Phi) is 4.39. The van der Waals surface area contributed by atoms with Gasteiger partial charge in [0, 0.05) is 19.1 Å². The number of amides is 1. The summed E-state index contributed by atoms with van der Waals surface area (Å²) in [5.41, 5.74) is 5.68. The molecule has 2 rings (SSSR count). The highest BCUT2D eigenvalue weighted by Crippen LogP contribution is 2.22. The third-order valence-corrected chi connectivity index (χ3v) is 3.46. The highest BCUT2D eigenvalue weighted by molar-refractivity contribution is 6.33. The summed E-state index contributed by atoms with van der Waals surface area (Å²) in [5, 5.41) is 0.119. The van der Waals surface area contributed by atoms with Gasteiger partial charge in [0.05, 0.1) is 23.3 Å². The number of ether oxygens (including phenoxy) is 1. The van der Waals surface area contributed by atoms with Crippen LogP contribution in [0.1, 0.15) is 17.3 Å². The third kappa shape index (κ3) is 3.05. The second-order valence-corrected chi connectivity index (χ2v) is 5.02. The van der Waals surface area contributed by atoms with Crippen LogP contribution in [0.15, 0.2) is 18.2 Å². The van der Waals surface area contributed by atoms with Gasteiger partial charge in [-0.25, -0.2) is 4.39 Å².